The average Bonchev–Trinajstić information content (AvgIpc) is 2.49. The van der Waals surface area contributed by atoms with Crippen molar-refractivity contribution in [3.63, 3.8) is 0 Å². The molecule has 6 heteroatoms. The van der Waals surface area contributed by atoms with Crippen LogP contribution in [-0.4, -0.2) is 11.0 Å². The van der Waals surface area contributed by atoms with Gasteiger partial charge in [-0.05, 0) is 17.9 Å². The first-order valence-electron chi connectivity index (χ1n) is 6.90. The molecule has 0 saturated carbocycles. The Balaban J connectivity index is 2.29. The predicted octanol–water partition coefficient (Wildman–Crippen LogP) is 4.32. The standard InChI is InChI=1S/C16H16F4N2/c1-9(2)11(8-10-6-4-3-5-7-10)21-14-12(17)15(19)22-16(20)13(14)18/h3-7,9,11H,8H2,1-2H3,(H,21,22)/t11-/m0/s1. The predicted molar refractivity (Wildman–Crippen MR) is 76.5 cm³/mol. The third-order valence-electron chi connectivity index (χ3n) is 3.43. The van der Waals surface area contributed by atoms with E-state index in [9.17, 15) is 17.6 Å². The summed E-state index contributed by atoms with van der Waals surface area (Å²) in [6.07, 6.45) is 0.461. The molecule has 0 aliphatic heterocycles. The highest BCUT2D eigenvalue weighted by Crippen LogP contribution is 2.25. The average molecular weight is 312 g/mol. The van der Waals surface area contributed by atoms with Gasteiger partial charge in [0.15, 0.2) is 0 Å². The number of benzene rings is 1. The Morgan fingerprint density at radius 2 is 1.50 bits per heavy atom. The molecule has 1 aromatic heterocycles. The maximum Gasteiger partial charge on any atom is 0.253 e. The van der Waals surface area contributed by atoms with Crippen LogP contribution in [-0.2, 0) is 6.42 Å². The Labute approximate surface area is 126 Å². The number of aromatic nitrogens is 1. The minimum atomic E-state index is -1.66. The maximum atomic E-state index is 13.7. The minimum Gasteiger partial charge on any atom is -0.377 e. The van der Waals surface area contributed by atoms with Crippen LogP contribution in [0.4, 0.5) is 23.2 Å². The van der Waals surface area contributed by atoms with Gasteiger partial charge in [0, 0.05) is 6.04 Å². The van der Waals surface area contributed by atoms with Crippen molar-refractivity contribution in [2.75, 3.05) is 5.32 Å². The van der Waals surface area contributed by atoms with E-state index in [-0.39, 0.29) is 5.92 Å². The van der Waals surface area contributed by atoms with Crippen LogP contribution in [0.2, 0.25) is 0 Å². The number of hydrogen-bond acceptors (Lipinski definition) is 2. The van der Waals surface area contributed by atoms with Crippen molar-refractivity contribution in [2.24, 2.45) is 5.92 Å². The van der Waals surface area contributed by atoms with Crippen LogP contribution in [0.15, 0.2) is 30.3 Å². The molecule has 1 N–H and O–H groups in total. The molecule has 0 amide bonds. The van der Waals surface area contributed by atoms with Crippen molar-refractivity contribution < 1.29 is 17.6 Å². The topological polar surface area (TPSA) is 24.9 Å². The van der Waals surface area contributed by atoms with Crippen molar-refractivity contribution in [1.29, 1.82) is 0 Å². The fourth-order valence-corrected chi connectivity index (χ4v) is 2.12. The number of rotatable bonds is 5. The molecule has 0 aliphatic carbocycles. The lowest BCUT2D eigenvalue weighted by atomic mass is 9.96. The molecule has 0 radical (unpaired) electrons. The molecule has 2 rings (SSSR count). The second-order valence-corrected chi connectivity index (χ2v) is 5.38. The highest BCUT2D eigenvalue weighted by atomic mass is 19.2. The van der Waals surface area contributed by atoms with Gasteiger partial charge in [0.25, 0.3) is 11.9 Å². The van der Waals surface area contributed by atoms with Gasteiger partial charge in [-0.25, -0.2) is 0 Å². The van der Waals surface area contributed by atoms with E-state index in [2.05, 4.69) is 10.3 Å². The zero-order valence-electron chi connectivity index (χ0n) is 12.2. The highest BCUT2D eigenvalue weighted by Gasteiger charge is 2.24. The molecule has 1 atom stereocenters. The third-order valence-corrected chi connectivity index (χ3v) is 3.43. The highest BCUT2D eigenvalue weighted by molar-refractivity contribution is 5.46. The minimum absolute atomic E-state index is 0.0155. The SMILES string of the molecule is CC(C)[C@H](Cc1ccccc1)Nc1c(F)c(F)nc(F)c1F. The van der Waals surface area contributed by atoms with Crippen LogP contribution in [0.3, 0.4) is 0 Å². The van der Waals surface area contributed by atoms with Crippen molar-refractivity contribution in [3.05, 3.63) is 59.4 Å². The van der Waals surface area contributed by atoms with Gasteiger partial charge in [-0.3, -0.25) is 0 Å². The number of nitrogens with zero attached hydrogens (tertiary/aromatic N) is 1. The van der Waals surface area contributed by atoms with Crippen LogP contribution >= 0.6 is 0 Å². The Hall–Kier alpha value is -2.11. The van der Waals surface area contributed by atoms with E-state index >= 15 is 0 Å². The third kappa shape index (κ3) is 3.55. The number of pyridine rings is 1. The summed E-state index contributed by atoms with van der Waals surface area (Å²) in [6, 6.07) is 8.90. The van der Waals surface area contributed by atoms with E-state index < -0.39 is 35.3 Å². The molecule has 22 heavy (non-hydrogen) atoms. The normalized spacial score (nSPS) is 12.5. The van der Waals surface area contributed by atoms with Gasteiger partial charge in [0.2, 0.25) is 11.6 Å². The number of hydrogen-bond donors (Lipinski definition) is 1. The summed E-state index contributed by atoms with van der Waals surface area (Å²) in [5.41, 5.74) is 0.129. The number of nitrogens with one attached hydrogen (secondary N) is 1. The zero-order valence-corrected chi connectivity index (χ0v) is 12.2. The van der Waals surface area contributed by atoms with Gasteiger partial charge in [-0.1, -0.05) is 44.2 Å². The second-order valence-electron chi connectivity index (χ2n) is 5.38. The lowest BCUT2D eigenvalue weighted by Crippen LogP contribution is -2.29. The first-order valence-corrected chi connectivity index (χ1v) is 6.90. The summed E-state index contributed by atoms with van der Waals surface area (Å²) in [5.74, 6) is -6.37. The fraction of sp³-hybridized carbons (Fsp3) is 0.312. The van der Waals surface area contributed by atoms with E-state index in [1.807, 2.05) is 44.2 Å². The summed E-state index contributed by atoms with van der Waals surface area (Å²) < 4.78 is 53.7. The monoisotopic (exact) mass is 312 g/mol. The summed E-state index contributed by atoms with van der Waals surface area (Å²) in [6.45, 7) is 3.70. The molecule has 0 bridgehead atoms. The molecule has 0 unspecified atom stereocenters. The summed E-state index contributed by atoms with van der Waals surface area (Å²) >= 11 is 0. The molecule has 0 saturated heterocycles. The Kier molecular flexibility index (Phi) is 5.00. The molecule has 1 heterocycles. The van der Waals surface area contributed by atoms with E-state index in [0.717, 1.165) is 5.56 Å². The quantitative estimate of drug-likeness (QED) is 0.657. The first-order chi connectivity index (χ1) is 10.4. The lowest BCUT2D eigenvalue weighted by molar-refractivity contribution is 0.406. The van der Waals surface area contributed by atoms with Crippen molar-refractivity contribution >= 4 is 5.69 Å². The Morgan fingerprint density at radius 1 is 0.955 bits per heavy atom. The zero-order chi connectivity index (χ0) is 16.3. The van der Waals surface area contributed by atoms with Crippen LogP contribution in [0.1, 0.15) is 19.4 Å². The summed E-state index contributed by atoms with van der Waals surface area (Å²) in [5, 5.41) is 2.58. The van der Waals surface area contributed by atoms with E-state index in [1.54, 1.807) is 0 Å². The summed E-state index contributed by atoms with van der Waals surface area (Å²) in [7, 11) is 0. The maximum absolute atomic E-state index is 13.7. The van der Waals surface area contributed by atoms with Gasteiger partial charge in [0.05, 0.1) is 0 Å². The fourth-order valence-electron chi connectivity index (χ4n) is 2.12. The molecule has 1 aromatic carbocycles. The van der Waals surface area contributed by atoms with E-state index in [0.29, 0.717) is 6.42 Å². The van der Waals surface area contributed by atoms with Gasteiger partial charge < -0.3 is 5.32 Å². The van der Waals surface area contributed by atoms with Crippen LogP contribution in [0, 0.1) is 29.4 Å². The number of anilines is 1. The molecular formula is C16H16F4N2. The molecular weight excluding hydrogens is 296 g/mol. The smallest absolute Gasteiger partial charge is 0.253 e. The van der Waals surface area contributed by atoms with Crippen LogP contribution < -0.4 is 5.32 Å². The second kappa shape index (κ2) is 6.77. The first kappa shape index (κ1) is 16.3. The van der Waals surface area contributed by atoms with Gasteiger partial charge >= 0.3 is 0 Å². The van der Waals surface area contributed by atoms with Crippen molar-refractivity contribution in [3.8, 4) is 0 Å². The van der Waals surface area contributed by atoms with E-state index in [4.69, 9.17) is 0 Å². The van der Waals surface area contributed by atoms with Crippen LogP contribution in [0.5, 0.6) is 0 Å². The molecule has 0 spiro atoms. The van der Waals surface area contributed by atoms with Gasteiger partial charge in [-0.2, -0.15) is 22.5 Å². The largest absolute Gasteiger partial charge is 0.377 e. The van der Waals surface area contributed by atoms with Crippen molar-refractivity contribution in [2.45, 2.75) is 26.3 Å². The molecule has 2 aromatic rings. The molecule has 2 nitrogen and oxygen atoms in total. The molecule has 0 fully saturated rings. The molecule has 118 valence electrons. The lowest BCUT2D eigenvalue weighted by Gasteiger charge is -2.24. The van der Waals surface area contributed by atoms with E-state index in [1.165, 1.54) is 0 Å². The van der Waals surface area contributed by atoms with Gasteiger partial charge in [0.1, 0.15) is 5.69 Å². The van der Waals surface area contributed by atoms with Gasteiger partial charge in [-0.15, -0.1) is 0 Å². The van der Waals surface area contributed by atoms with Crippen molar-refractivity contribution in [1.82, 2.24) is 4.98 Å². The summed E-state index contributed by atoms with van der Waals surface area (Å²) in [4.78, 5) is 2.55. The Morgan fingerprint density at radius 3 is 2.00 bits per heavy atom. The Bertz CT molecular complexity index is 618. The van der Waals surface area contributed by atoms with Crippen LogP contribution in [0.25, 0.3) is 0 Å². The molecule has 0 aliphatic rings. The number of halogens is 4.